The van der Waals surface area contributed by atoms with E-state index in [0.29, 0.717) is 18.8 Å². The molecule has 0 aliphatic carbocycles. The van der Waals surface area contributed by atoms with Gasteiger partial charge in [0.2, 0.25) is 0 Å². The summed E-state index contributed by atoms with van der Waals surface area (Å²) in [6.07, 6.45) is 8.52. The molecule has 1 amide bonds. The lowest BCUT2D eigenvalue weighted by atomic mass is 10.0. The Labute approximate surface area is 206 Å². The molecule has 1 unspecified atom stereocenters. The first-order valence-electron chi connectivity index (χ1n) is 12.1. The Morgan fingerprint density at radius 3 is 2.63 bits per heavy atom. The zero-order valence-electron chi connectivity index (χ0n) is 19.6. The largest absolute Gasteiger partial charge is 0.369 e. The second-order valence-corrected chi connectivity index (χ2v) is 10.5. The summed E-state index contributed by atoms with van der Waals surface area (Å²) in [6.45, 7) is 5.99. The topological polar surface area (TPSA) is 105 Å². The highest BCUT2D eigenvalue weighted by Gasteiger charge is 2.41. The van der Waals surface area contributed by atoms with E-state index in [-0.39, 0.29) is 16.5 Å². The van der Waals surface area contributed by atoms with Crippen LogP contribution in [0.5, 0.6) is 0 Å². The van der Waals surface area contributed by atoms with Crippen molar-refractivity contribution in [2.75, 3.05) is 50.7 Å². The molecule has 1 atom stereocenters. The minimum Gasteiger partial charge on any atom is -0.369 e. The number of amides is 1. The number of anilines is 1. The summed E-state index contributed by atoms with van der Waals surface area (Å²) >= 11 is 0. The fourth-order valence-electron chi connectivity index (χ4n) is 5.12. The van der Waals surface area contributed by atoms with Gasteiger partial charge in [-0.15, -0.1) is 0 Å². The second-order valence-electron chi connectivity index (χ2n) is 9.13. The molecule has 186 valence electrons. The van der Waals surface area contributed by atoms with Gasteiger partial charge in [-0.25, -0.2) is 0 Å². The van der Waals surface area contributed by atoms with Crippen molar-refractivity contribution in [2.24, 2.45) is 0 Å². The van der Waals surface area contributed by atoms with E-state index in [0.717, 1.165) is 51.4 Å². The third-order valence-electron chi connectivity index (χ3n) is 6.87. The van der Waals surface area contributed by atoms with Gasteiger partial charge in [-0.05, 0) is 49.7 Å². The number of unbranched alkanes of at least 4 members (excludes halogenated alkanes) is 1. The Kier molecular flexibility index (Phi) is 6.68. The third-order valence-corrected chi connectivity index (χ3v) is 7.82. The van der Waals surface area contributed by atoms with Crippen molar-refractivity contribution in [3.63, 3.8) is 0 Å². The number of hydrogen-bond donors (Lipinski definition) is 3. The maximum Gasteiger partial charge on any atom is 0.297 e. The molecule has 1 aromatic carbocycles. The van der Waals surface area contributed by atoms with Gasteiger partial charge in [0.05, 0.1) is 17.3 Å². The van der Waals surface area contributed by atoms with E-state index in [1.807, 2.05) is 12.1 Å². The SMILES string of the molecule is O=C(NCCCCN1CCN(c2ccccc2)CC1)C1=CC2CNC3=CC=CC(=C1S(=O)(=O)O)N32. The number of nitrogens with one attached hydrogen (secondary N) is 2. The number of benzene rings is 1. The fourth-order valence-corrected chi connectivity index (χ4v) is 5.99. The van der Waals surface area contributed by atoms with Crippen molar-refractivity contribution in [2.45, 2.75) is 18.9 Å². The molecule has 4 heterocycles. The lowest BCUT2D eigenvalue weighted by Crippen LogP contribution is -2.46. The summed E-state index contributed by atoms with van der Waals surface area (Å²) in [7, 11) is -4.59. The Bertz CT molecular complexity index is 1200. The average Bonchev–Trinajstić information content (AvgIpc) is 3.28. The molecule has 4 aliphatic heterocycles. The molecule has 10 heteroatoms. The summed E-state index contributed by atoms with van der Waals surface area (Å²) in [5.74, 6) is 0.284. The highest BCUT2D eigenvalue weighted by Crippen LogP contribution is 2.37. The molecule has 0 bridgehead atoms. The number of rotatable bonds is 8. The maximum atomic E-state index is 13.0. The number of hydrogen-bond acceptors (Lipinski definition) is 7. The van der Waals surface area contributed by atoms with Gasteiger partial charge in [0.1, 0.15) is 10.7 Å². The zero-order chi connectivity index (χ0) is 24.4. The van der Waals surface area contributed by atoms with E-state index in [9.17, 15) is 17.8 Å². The molecule has 4 aliphatic rings. The van der Waals surface area contributed by atoms with Crippen LogP contribution in [-0.2, 0) is 14.9 Å². The second kappa shape index (κ2) is 9.88. The highest BCUT2D eigenvalue weighted by atomic mass is 32.2. The van der Waals surface area contributed by atoms with Crippen LogP contribution in [0.4, 0.5) is 5.69 Å². The number of para-hydroxylation sites is 1. The van der Waals surface area contributed by atoms with Gasteiger partial charge in [-0.2, -0.15) is 8.42 Å². The van der Waals surface area contributed by atoms with Crippen molar-refractivity contribution in [1.82, 2.24) is 20.4 Å². The number of piperazine rings is 1. The predicted octanol–water partition coefficient (Wildman–Crippen LogP) is 1.43. The Balaban J connectivity index is 1.11. The van der Waals surface area contributed by atoms with Gasteiger partial charge in [0, 0.05) is 45.0 Å². The van der Waals surface area contributed by atoms with Crippen molar-refractivity contribution in [3.05, 3.63) is 76.6 Å². The quantitative estimate of drug-likeness (QED) is 0.366. The lowest BCUT2D eigenvalue weighted by Gasteiger charge is -2.36. The Morgan fingerprint density at radius 2 is 1.89 bits per heavy atom. The van der Waals surface area contributed by atoms with Gasteiger partial charge >= 0.3 is 0 Å². The molecule has 9 nitrogen and oxygen atoms in total. The highest BCUT2D eigenvalue weighted by molar-refractivity contribution is 7.90. The smallest absolute Gasteiger partial charge is 0.297 e. The van der Waals surface area contributed by atoms with E-state index in [1.165, 1.54) is 5.69 Å². The molecule has 0 saturated carbocycles. The van der Waals surface area contributed by atoms with Gasteiger partial charge in [-0.3, -0.25) is 14.2 Å². The monoisotopic (exact) mass is 497 g/mol. The number of carbonyl (C=O) groups excluding carboxylic acids is 1. The van der Waals surface area contributed by atoms with Crippen molar-refractivity contribution in [3.8, 4) is 0 Å². The van der Waals surface area contributed by atoms with Crippen LogP contribution < -0.4 is 15.5 Å². The number of nitrogens with zero attached hydrogens (tertiary/aromatic N) is 3. The fraction of sp³-hybridized carbons (Fsp3) is 0.400. The molecular formula is C25H31N5O4S. The molecule has 35 heavy (non-hydrogen) atoms. The molecule has 0 aromatic heterocycles. The molecule has 1 aromatic rings. The standard InChI is InChI=1S/C25H31N5O4S/c31-25(21-17-20-18-27-23-10-6-9-22(30(20)23)24(21)35(32,33)34)26-11-4-5-12-28-13-15-29(16-14-28)19-7-2-1-3-8-19/h1-3,6-10,17,20,27H,4-5,11-16,18H2,(H,26,31)(H,32,33,34). The van der Waals surface area contributed by atoms with E-state index < -0.39 is 16.0 Å². The van der Waals surface area contributed by atoms with Crippen LogP contribution in [0, 0.1) is 0 Å². The minimum absolute atomic E-state index is 0.00961. The van der Waals surface area contributed by atoms with Crippen LogP contribution in [-0.4, -0.2) is 80.5 Å². The summed E-state index contributed by atoms with van der Waals surface area (Å²) in [5, 5.41) is 6.06. The summed E-state index contributed by atoms with van der Waals surface area (Å²) < 4.78 is 34.4. The molecule has 0 spiro atoms. The maximum absolute atomic E-state index is 13.0. The molecule has 2 saturated heterocycles. The van der Waals surface area contributed by atoms with Crippen LogP contribution >= 0.6 is 0 Å². The Hall–Kier alpha value is -3.08. The van der Waals surface area contributed by atoms with Gasteiger partial charge in [0.25, 0.3) is 16.0 Å². The molecule has 3 N–H and O–H groups in total. The summed E-state index contributed by atoms with van der Waals surface area (Å²) in [4.78, 5) is 19.3. The van der Waals surface area contributed by atoms with Gasteiger partial charge < -0.3 is 20.4 Å². The average molecular weight is 498 g/mol. The third kappa shape index (κ3) is 5.00. The first-order valence-corrected chi connectivity index (χ1v) is 13.5. The van der Waals surface area contributed by atoms with Gasteiger partial charge in [-0.1, -0.05) is 24.3 Å². The predicted molar refractivity (Wildman–Crippen MR) is 135 cm³/mol. The van der Waals surface area contributed by atoms with Crippen LogP contribution in [0.15, 0.2) is 76.6 Å². The summed E-state index contributed by atoms with van der Waals surface area (Å²) in [5.41, 5.74) is 1.59. The van der Waals surface area contributed by atoms with Crippen LogP contribution in [0.1, 0.15) is 12.8 Å². The lowest BCUT2D eigenvalue weighted by molar-refractivity contribution is -0.117. The Morgan fingerprint density at radius 1 is 1.11 bits per heavy atom. The first-order chi connectivity index (χ1) is 16.9. The van der Waals surface area contributed by atoms with Crippen molar-refractivity contribution < 1.29 is 17.8 Å². The van der Waals surface area contributed by atoms with Crippen LogP contribution in [0.25, 0.3) is 0 Å². The van der Waals surface area contributed by atoms with Crippen LogP contribution in [0.2, 0.25) is 0 Å². The minimum atomic E-state index is -4.59. The van der Waals surface area contributed by atoms with Crippen molar-refractivity contribution in [1.29, 1.82) is 0 Å². The summed E-state index contributed by atoms with van der Waals surface area (Å²) in [6, 6.07) is 10.3. The van der Waals surface area contributed by atoms with E-state index >= 15 is 0 Å². The molecule has 2 fully saturated rings. The number of carbonyl (C=O) groups is 1. The zero-order valence-corrected chi connectivity index (χ0v) is 20.4. The molecule has 5 rings (SSSR count). The molecule has 0 radical (unpaired) electrons. The van der Waals surface area contributed by atoms with Crippen molar-refractivity contribution >= 4 is 21.7 Å². The molecular weight excluding hydrogens is 466 g/mol. The van der Waals surface area contributed by atoms with E-state index in [2.05, 4.69) is 44.7 Å². The van der Waals surface area contributed by atoms with E-state index in [4.69, 9.17) is 0 Å². The number of allylic oxidation sites excluding steroid dienone is 3. The van der Waals surface area contributed by atoms with Gasteiger partial charge in [0.15, 0.2) is 0 Å². The first kappa shape index (κ1) is 23.7. The van der Waals surface area contributed by atoms with Crippen LogP contribution in [0.3, 0.4) is 0 Å². The van der Waals surface area contributed by atoms with E-state index in [1.54, 1.807) is 23.1 Å². The normalized spacial score (nSPS) is 21.9.